The first-order chi connectivity index (χ1) is 15.9. The average molecular weight is 489 g/mol. The number of thiophene rings is 1. The molecule has 2 aliphatic rings. The number of aromatic nitrogens is 3. The fourth-order valence-corrected chi connectivity index (χ4v) is 6.11. The zero-order valence-electron chi connectivity index (χ0n) is 18.9. The third-order valence-corrected chi connectivity index (χ3v) is 8.40. The van der Waals surface area contributed by atoms with Crippen LogP contribution in [0.15, 0.2) is 24.4 Å². The third-order valence-electron chi connectivity index (χ3n) is 6.08. The average Bonchev–Trinajstić information content (AvgIpc) is 3.21. The molecule has 2 aliphatic heterocycles. The number of fused-ring (bicyclic) bond motifs is 1. The second-order valence-electron chi connectivity index (χ2n) is 8.53. The van der Waals surface area contributed by atoms with Gasteiger partial charge >= 0.3 is 0 Å². The highest BCUT2D eigenvalue weighted by Crippen LogP contribution is 2.34. The Labute approximate surface area is 198 Å². The summed E-state index contributed by atoms with van der Waals surface area (Å²) in [5.41, 5.74) is 1.87. The lowest BCUT2D eigenvalue weighted by molar-refractivity contribution is 0.122. The molecule has 9 nitrogen and oxygen atoms in total. The lowest BCUT2D eigenvalue weighted by Crippen LogP contribution is -2.47. The summed E-state index contributed by atoms with van der Waals surface area (Å²) < 4.78 is 30.7. The standard InChI is InChI=1S/C22H28N6O3S2/c1-16-3-4-17(14-23-16)20-24-21(27-9-11-31-12-10-27)19-13-18(32-22(19)25-20)15-26-5-7-28(8-6-26)33(2,29)30/h3-4,13-14H,5-12,15H2,1-2H3. The van der Waals surface area contributed by atoms with E-state index in [0.29, 0.717) is 32.1 Å². The second kappa shape index (κ2) is 9.22. The van der Waals surface area contributed by atoms with Crippen LogP contribution in [0.2, 0.25) is 0 Å². The van der Waals surface area contributed by atoms with Gasteiger partial charge in [-0.05, 0) is 25.1 Å². The Kier molecular flexibility index (Phi) is 6.32. The fraction of sp³-hybridized carbons (Fsp3) is 0.500. The van der Waals surface area contributed by atoms with Crippen LogP contribution in [-0.4, -0.2) is 91.3 Å². The van der Waals surface area contributed by atoms with Crippen molar-refractivity contribution in [2.24, 2.45) is 0 Å². The number of anilines is 1. The summed E-state index contributed by atoms with van der Waals surface area (Å²) in [5.74, 6) is 1.63. The van der Waals surface area contributed by atoms with E-state index in [1.807, 2.05) is 25.3 Å². The van der Waals surface area contributed by atoms with Crippen molar-refractivity contribution >= 4 is 37.4 Å². The summed E-state index contributed by atoms with van der Waals surface area (Å²) in [6.07, 6.45) is 3.11. The van der Waals surface area contributed by atoms with Gasteiger partial charge in [0.2, 0.25) is 10.0 Å². The third kappa shape index (κ3) is 5.02. The van der Waals surface area contributed by atoms with Crippen molar-refractivity contribution in [1.82, 2.24) is 24.2 Å². The van der Waals surface area contributed by atoms with E-state index in [1.54, 1.807) is 15.6 Å². The van der Waals surface area contributed by atoms with Crippen molar-refractivity contribution in [2.75, 3.05) is 63.6 Å². The van der Waals surface area contributed by atoms with Crippen LogP contribution in [-0.2, 0) is 21.3 Å². The summed E-state index contributed by atoms with van der Waals surface area (Å²) in [6, 6.07) is 6.20. The van der Waals surface area contributed by atoms with Gasteiger partial charge in [-0.25, -0.2) is 18.4 Å². The maximum atomic E-state index is 11.8. The van der Waals surface area contributed by atoms with Crippen LogP contribution >= 0.6 is 11.3 Å². The number of aryl methyl sites for hydroxylation is 1. The maximum absolute atomic E-state index is 11.8. The Morgan fingerprint density at radius 1 is 1.06 bits per heavy atom. The molecule has 0 unspecified atom stereocenters. The van der Waals surface area contributed by atoms with Crippen molar-refractivity contribution in [3.63, 3.8) is 0 Å². The van der Waals surface area contributed by atoms with E-state index < -0.39 is 10.0 Å². The molecule has 5 rings (SSSR count). The summed E-state index contributed by atoms with van der Waals surface area (Å²) in [7, 11) is -3.12. The van der Waals surface area contributed by atoms with E-state index in [0.717, 1.165) is 60.0 Å². The van der Waals surface area contributed by atoms with Gasteiger partial charge in [0.25, 0.3) is 0 Å². The summed E-state index contributed by atoms with van der Waals surface area (Å²) in [5, 5.41) is 1.07. The number of rotatable bonds is 5. The Morgan fingerprint density at radius 2 is 1.82 bits per heavy atom. The Bertz CT molecular complexity index is 1230. The van der Waals surface area contributed by atoms with Crippen LogP contribution in [0.3, 0.4) is 0 Å². The molecule has 0 aromatic carbocycles. The number of hydrogen-bond donors (Lipinski definition) is 0. The SMILES string of the molecule is Cc1ccc(-c2nc(N3CCOCC3)c3cc(CN4CCN(S(C)(=O)=O)CC4)sc3n2)cn1. The minimum absolute atomic E-state index is 0.535. The molecule has 2 fully saturated rings. The summed E-state index contributed by atoms with van der Waals surface area (Å²) >= 11 is 1.68. The normalized spacial score (nSPS) is 18.8. The van der Waals surface area contributed by atoms with Gasteiger partial charge in [-0.1, -0.05) is 0 Å². The molecule has 0 N–H and O–H groups in total. The van der Waals surface area contributed by atoms with Crippen LogP contribution in [0.25, 0.3) is 21.6 Å². The van der Waals surface area contributed by atoms with Crippen molar-refractivity contribution in [3.8, 4) is 11.4 Å². The molecule has 3 aromatic heterocycles. The van der Waals surface area contributed by atoms with Crippen LogP contribution in [0.5, 0.6) is 0 Å². The number of morpholine rings is 1. The highest BCUT2D eigenvalue weighted by molar-refractivity contribution is 7.88. The first-order valence-electron chi connectivity index (χ1n) is 11.1. The molecule has 0 atom stereocenters. The van der Waals surface area contributed by atoms with E-state index in [-0.39, 0.29) is 0 Å². The maximum Gasteiger partial charge on any atom is 0.211 e. The predicted molar refractivity (Wildman–Crippen MR) is 130 cm³/mol. The van der Waals surface area contributed by atoms with Gasteiger partial charge in [-0.3, -0.25) is 9.88 Å². The number of hydrogen-bond acceptors (Lipinski definition) is 9. The van der Waals surface area contributed by atoms with Gasteiger partial charge in [0.15, 0.2) is 5.82 Å². The lowest BCUT2D eigenvalue weighted by atomic mass is 10.2. The van der Waals surface area contributed by atoms with Gasteiger partial charge in [0.1, 0.15) is 10.6 Å². The van der Waals surface area contributed by atoms with Gasteiger partial charge in [0.05, 0.1) is 24.9 Å². The van der Waals surface area contributed by atoms with E-state index in [4.69, 9.17) is 14.7 Å². The topological polar surface area (TPSA) is 91.8 Å². The number of pyridine rings is 1. The van der Waals surface area contributed by atoms with Gasteiger partial charge in [-0.15, -0.1) is 11.3 Å². The Morgan fingerprint density at radius 3 is 2.48 bits per heavy atom. The molecule has 2 saturated heterocycles. The Hall–Kier alpha value is -2.18. The number of nitrogens with zero attached hydrogens (tertiary/aromatic N) is 6. The van der Waals surface area contributed by atoms with Crippen LogP contribution in [0.4, 0.5) is 5.82 Å². The molecule has 176 valence electrons. The van der Waals surface area contributed by atoms with E-state index in [1.165, 1.54) is 11.1 Å². The van der Waals surface area contributed by atoms with E-state index >= 15 is 0 Å². The molecule has 11 heteroatoms. The van der Waals surface area contributed by atoms with Crippen molar-refractivity contribution in [1.29, 1.82) is 0 Å². The Balaban J connectivity index is 1.45. The highest BCUT2D eigenvalue weighted by Gasteiger charge is 2.25. The van der Waals surface area contributed by atoms with E-state index in [2.05, 4.69) is 20.9 Å². The van der Waals surface area contributed by atoms with E-state index in [9.17, 15) is 8.42 Å². The molecule has 33 heavy (non-hydrogen) atoms. The first-order valence-corrected chi connectivity index (χ1v) is 13.8. The minimum Gasteiger partial charge on any atom is -0.378 e. The van der Waals surface area contributed by atoms with Crippen molar-refractivity contribution in [3.05, 3.63) is 35.0 Å². The molecule has 0 spiro atoms. The number of sulfonamides is 1. The smallest absolute Gasteiger partial charge is 0.211 e. The largest absolute Gasteiger partial charge is 0.378 e. The second-order valence-corrected chi connectivity index (χ2v) is 11.6. The first kappa shape index (κ1) is 22.6. The molecule has 5 heterocycles. The molecule has 3 aromatic rings. The molecular weight excluding hydrogens is 460 g/mol. The van der Waals surface area contributed by atoms with Crippen LogP contribution in [0.1, 0.15) is 10.6 Å². The molecule has 0 saturated carbocycles. The predicted octanol–water partition coefficient (Wildman–Crippen LogP) is 1.98. The summed E-state index contributed by atoms with van der Waals surface area (Å²) in [6.45, 7) is 8.25. The molecule has 0 bridgehead atoms. The number of piperazine rings is 1. The van der Waals surface area contributed by atoms with Gasteiger partial charge in [0, 0.05) is 68.1 Å². The zero-order valence-corrected chi connectivity index (χ0v) is 20.5. The molecule has 0 radical (unpaired) electrons. The summed E-state index contributed by atoms with van der Waals surface area (Å²) in [4.78, 5) is 21.0. The molecule has 0 amide bonds. The zero-order chi connectivity index (χ0) is 23.0. The quantitative estimate of drug-likeness (QED) is 0.538. The molecule has 0 aliphatic carbocycles. The highest BCUT2D eigenvalue weighted by atomic mass is 32.2. The lowest BCUT2D eigenvalue weighted by Gasteiger charge is -2.32. The van der Waals surface area contributed by atoms with Crippen LogP contribution < -0.4 is 4.90 Å². The van der Waals surface area contributed by atoms with Crippen molar-refractivity contribution in [2.45, 2.75) is 13.5 Å². The van der Waals surface area contributed by atoms with Crippen LogP contribution in [0, 0.1) is 6.92 Å². The fourth-order valence-electron chi connectivity index (χ4n) is 4.22. The molecular formula is C22H28N6O3S2. The van der Waals surface area contributed by atoms with Crippen molar-refractivity contribution < 1.29 is 13.2 Å². The monoisotopic (exact) mass is 488 g/mol. The minimum atomic E-state index is -3.12. The van der Waals surface area contributed by atoms with Gasteiger partial charge in [-0.2, -0.15) is 4.31 Å². The number of ether oxygens (including phenoxy) is 1. The van der Waals surface area contributed by atoms with Gasteiger partial charge < -0.3 is 9.64 Å².